The number of carbonyl (C=O) groups is 1. The number of rotatable bonds is 6. The van der Waals surface area contributed by atoms with E-state index in [0.29, 0.717) is 12.1 Å². The molecule has 0 unspecified atom stereocenters. The lowest BCUT2D eigenvalue weighted by molar-refractivity contribution is -0.135. The van der Waals surface area contributed by atoms with Crippen molar-refractivity contribution >= 4 is 5.91 Å². The number of amides is 1. The van der Waals surface area contributed by atoms with E-state index in [1.165, 1.54) is 12.1 Å². The van der Waals surface area contributed by atoms with E-state index < -0.39 is 6.04 Å². The Morgan fingerprint density at radius 1 is 1.29 bits per heavy atom. The summed E-state index contributed by atoms with van der Waals surface area (Å²) in [6.45, 7) is 4.52. The van der Waals surface area contributed by atoms with Crippen molar-refractivity contribution in [1.82, 2.24) is 20.0 Å². The quantitative estimate of drug-likeness (QED) is 0.884. The number of aryl methyl sites for hydroxylation is 2. The maximum Gasteiger partial charge on any atom is 0.244 e. The van der Waals surface area contributed by atoms with Gasteiger partial charge in [-0.2, -0.15) is 5.10 Å². The van der Waals surface area contributed by atoms with Crippen LogP contribution in [0.5, 0.6) is 0 Å². The standard InChI is InChI=1S/C18H25FN4O/c1-12-16(13(2)21-20-12)9-10-23(5)18(24)17(22(3)4)14-7-6-8-15(19)11-14/h6-8,11,17H,9-10H2,1-5H3,(H,20,21)/t17-/m1/s1. The number of H-pyrrole nitrogens is 1. The van der Waals surface area contributed by atoms with Gasteiger partial charge < -0.3 is 4.90 Å². The van der Waals surface area contributed by atoms with E-state index in [9.17, 15) is 9.18 Å². The highest BCUT2D eigenvalue weighted by Crippen LogP contribution is 2.22. The minimum Gasteiger partial charge on any atom is -0.344 e. The highest BCUT2D eigenvalue weighted by Gasteiger charge is 2.26. The van der Waals surface area contributed by atoms with Gasteiger partial charge in [0.1, 0.15) is 11.9 Å². The molecule has 0 aliphatic heterocycles. The van der Waals surface area contributed by atoms with Crippen LogP contribution in [0.1, 0.15) is 28.6 Å². The molecule has 1 aromatic carbocycles. The van der Waals surface area contributed by atoms with Crippen molar-refractivity contribution in [3.8, 4) is 0 Å². The lowest BCUT2D eigenvalue weighted by Crippen LogP contribution is -2.39. The molecule has 0 aliphatic carbocycles. The number of likely N-dealkylation sites (N-methyl/N-ethyl adjacent to an activating group) is 2. The van der Waals surface area contributed by atoms with Gasteiger partial charge in [-0.1, -0.05) is 12.1 Å². The first-order valence-corrected chi connectivity index (χ1v) is 7.98. The first-order chi connectivity index (χ1) is 11.3. The number of aromatic nitrogens is 2. The van der Waals surface area contributed by atoms with Crippen molar-refractivity contribution in [2.24, 2.45) is 0 Å². The van der Waals surface area contributed by atoms with Gasteiger partial charge in [0.25, 0.3) is 0 Å². The van der Waals surface area contributed by atoms with Crippen LogP contribution in [-0.4, -0.2) is 53.6 Å². The SMILES string of the molecule is Cc1n[nH]c(C)c1CCN(C)C(=O)[C@@H](c1cccc(F)c1)N(C)C. The number of benzene rings is 1. The average molecular weight is 332 g/mol. The average Bonchev–Trinajstić information content (AvgIpc) is 2.83. The van der Waals surface area contributed by atoms with Crippen LogP contribution in [0, 0.1) is 19.7 Å². The molecular weight excluding hydrogens is 307 g/mol. The molecule has 0 saturated carbocycles. The number of nitrogens with zero attached hydrogens (tertiary/aromatic N) is 3. The fraction of sp³-hybridized carbons (Fsp3) is 0.444. The molecule has 0 radical (unpaired) electrons. The van der Waals surface area contributed by atoms with Crippen LogP contribution in [0.2, 0.25) is 0 Å². The Kier molecular flexibility index (Phi) is 5.72. The highest BCUT2D eigenvalue weighted by atomic mass is 19.1. The highest BCUT2D eigenvalue weighted by molar-refractivity contribution is 5.83. The summed E-state index contributed by atoms with van der Waals surface area (Å²) in [5, 5.41) is 7.14. The summed E-state index contributed by atoms with van der Waals surface area (Å²) in [6.07, 6.45) is 0.736. The number of carbonyl (C=O) groups excluding carboxylic acids is 1. The van der Waals surface area contributed by atoms with Gasteiger partial charge in [-0.05, 0) is 57.6 Å². The largest absolute Gasteiger partial charge is 0.344 e. The van der Waals surface area contributed by atoms with E-state index in [1.54, 1.807) is 24.1 Å². The van der Waals surface area contributed by atoms with Crippen LogP contribution >= 0.6 is 0 Å². The fourth-order valence-corrected chi connectivity index (χ4v) is 2.88. The Morgan fingerprint density at radius 3 is 2.54 bits per heavy atom. The number of halogens is 1. The smallest absolute Gasteiger partial charge is 0.244 e. The third-order valence-corrected chi connectivity index (χ3v) is 4.27. The van der Waals surface area contributed by atoms with Crippen LogP contribution in [0.15, 0.2) is 24.3 Å². The molecule has 5 nitrogen and oxygen atoms in total. The van der Waals surface area contributed by atoms with Gasteiger partial charge in [0.15, 0.2) is 0 Å². The molecule has 0 fully saturated rings. The third-order valence-electron chi connectivity index (χ3n) is 4.27. The number of hydrogen-bond acceptors (Lipinski definition) is 3. The van der Waals surface area contributed by atoms with Crippen LogP contribution in [0.4, 0.5) is 4.39 Å². The molecule has 2 aromatic rings. The van der Waals surface area contributed by atoms with E-state index in [4.69, 9.17) is 0 Å². The van der Waals surface area contributed by atoms with Crippen molar-refractivity contribution in [3.05, 3.63) is 52.6 Å². The maximum atomic E-state index is 13.5. The lowest BCUT2D eigenvalue weighted by Gasteiger charge is -2.28. The van der Waals surface area contributed by atoms with E-state index in [2.05, 4.69) is 10.2 Å². The number of nitrogens with one attached hydrogen (secondary N) is 1. The second-order valence-corrected chi connectivity index (χ2v) is 6.34. The van der Waals surface area contributed by atoms with Gasteiger partial charge >= 0.3 is 0 Å². The maximum absolute atomic E-state index is 13.5. The molecular formula is C18H25FN4O. The first kappa shape index (κ1) is 18.1. The van der Waals surface area contributed by atoms with Gasteiger partial charge in [-0.25, -0.2) is 4.39 Å². The molecule has 1 aromatic heterocycles. The topological polar surface area (TPSA) is 52.2 Å². The number of hydrogen-bond donors (Lipinski definition) is 1. The Labute approximate surface area is 142 Å². The Balaban J connectivity index is 2.12. The zero-order valence-corrected chi connectivity index (χ0v) is 14.9. The van der Waals surface area contributed by atoms with E-state index in [-0.39, 0.29) is 11.7 Å². The summed E-state index contributed by atoms with van der Waals surface area (Å²) >= 11 is 0. The normalized spacial score (nSPS) is 12.5. The lowest BCUT2D eigenvalue weighted by atomic mass is 10.0. The minimum absolute atomic E-state index is 0.0515. The summed E-state index contributed by atoms with van der Waals surface area (Å²) in [5.41, 5.74) is 3.79. The van der Waals surface area contributed by atoms with Crippen LogP contribution in [0.3, 0.4) is 0 Å². The van der Waals surface area contributed by atoms with Gasteiger partial charge in [0.2, 0.25) is 5.91 Å². The van der Waals surface area contributed by atoms with Crippen LogP contribution in [0.25, 0.3) is 0 Å². The second-order valence-electron chi connectivity index (χ2n) is 6.34. The van der Waals surface area contributed by atoms with Gasteiger partial charge in [-0.3, -0.25) is 14.8 Å². The molecule has 0 bridgehead atoms. The summed E-state index contributed by atoms with van der Waals surface area (Å²) in [4.78, 5) is 16.4. The Bertz CT molecular complexity index is 691. The van der Waals surface area contributed by atoms with Crippen LogP contribution < -0.4 is 0 Å². The van der Waals surface area contributed by atoms with Crippen molar-refractivity contribution in [3.63, 3.8) is 0 Å². The van der Waals surface area contributed by atoms with Gasteiger partial charge in [-0.15, -0.1) is 0 Å². The van der Waals surface area contributed by atoms with E-state index in [1.807, 2.05) is 32.8 Å². The molecule has 1 N–H and O–H groups in total. The molecule has 1 heterocycles. The molecule has 0 spiro atoms. The van der Waals surface area contributed by atoms with Gasteiger partial charge in [0, 0.05) is 19.3 Å². The molecule has 130 valence electrons. The second kappa shape index (κ2) is 7.57. The summed E-state index contributed by atoms with van der Waals surface area (Å²) in [7, 11) is 5.43. The van der Waals surface area contributed by atoms with Crippen molar-refractivity contribution in [2.45, 2.75) is 26.3 Å². The predicted molar refractivity (Wildman–Crippen MR) is 92.2 cm³/mol. The minimum atomic E-state index is -0.503. The first-order valence-electron chi connectivity index (χ1n) is 7.98. The summed E-state index contributed by atoms with van der Waals surface area (Å²) in [6, 6.07) is 5.71. The molecule has 6 heteroatoms. The van der Waals surface area contributed by atoms with Crippen LogP contribution in [-0.2, 0) is 11.2 Å². The zero-order valence-electron chi connectivity index (χ0n) is 14.9. The molecule has 2 rings (SSSR count). The summed E-state index contributed by atoms with van der Waals surface area (Å²) in [5.74, 6) is -0.385. The summed E-state index contributed by atoms with van der Waals surface area (Å²) < 4.78 is 13.5. The van der Waals surface area contributed by atoms with Crippen molar-refractivity contribution in [1.29, 1.82) is 0 Å². The third kappa shape index (κ3) is 4.00. The van der Waals surface area contributed by atoms with Gasteiger partial charge in [0.05, 0.1) is 5.69 Å². The fourth-order valence-electron chi connectivity index (χ4n) is 2.88. The number of aromatic amines is 1. The molecule has 0 aliphatic rings. The molecule has 24 heavy (non-hydrogen) atoms. The Hall–Kier alpha value is -2.21. The molecule has 0 saturated heterocycles. The Morgan fingerprint density at radius 2 is 2.00 bits per heavy atom. The van der Waals surface area contributed by atoms with Crippen molar-refractivity contribution in [2.75, 3.05) is 27.7 Å². The predicted octanol–water partition coefficient (Wildman–Crippen LogP) is 2.47. The van der Waals surface area contributed by atoms with E-state index in [0.717, 1.165) is 23.4 Å². The molecule has 1 atom stereocenters. The molecule has 1 amide bonds. The monoisotopic (exact) mass is 332 g/mol. The van der Waals surface area contributed by atoms with E-state index >= 15 is 0 Å². The zero-order chi connectivity index (χ0) is 17.9. The van der Waals surface area contributed by atoms with Crippen molar-refractivity contribution < 1.29 is 9.18 Å².